The SMILES string of the molecule is Cc1oc(C(=O)O)cc1S(=O)(=O)Nc1ccccc1C#N. The molecule has 0 atom stereocenters. The number of carboxylic acid groups (broad SMARTS) is 1. The standard InChI is InChI=1S/C13H10N2O5S/c1-8-12(6-11(20-8)13(16)17)21(18,19)15-10-5-3-2-4-9(10)7-14/h2-6,15H,1H3,(H,16,17). The average Bonchev–Trinajstić information content (AvgIpc) is 2.82. The molecule has 7 nitrogen and oxygen atoms in total. The van der Waals surface area contributed by atoms with Crippen LogP contribution in [0.25, 0.3) is 0 Å². The first-order valence-corrected chi connectivity index (χ1v) is 7.19. The fraction of sp³-hybridized carbons (Fsp3) is 0.0769. The summed E-state index contributed by atoms with van der Waals surface area (Å²) in [5.74, 6) is -1.88. The fourth-order valence-electron chi connectivity index (χ4n) is 1.71. The monoisotopic (exact) mass is 306 g/mol. The minimum absolute atomic E-state index is 0.0469. The Morgan fingerprint density at radius 1 is 1.38 bits per heavy atom. The molecular formula is C13H10N2O5S. The number of carboxylic acids is 1. The molecule has 0 bridgehead atoms. The van der Waals surface area contributed by atoms with Crippen molar-refractivity contribution in [2.45, 2.75) is 11.8 Å². The zero-order valence-corrected chi connectivity index (χ0v) is 11.6. The lowest BCUT2D eigenvalue weighted by Crippen LogP contribution is -2.14. The number of aryl methyl sites for hydroxylation is 1. The average molecular weight is 306 g/mol. The Balaban J connectivity index is 2.44. The quantitative estimate of drug-likeness (QED) is 0.890. The van der Waals surface area contributed by atoms with E-state index in [1.54, 1.807) is 12.1 Å². The molecule has 108 valence electrons. The van der Waals surface area contributed by atoms with Crippen LogP contribution in [0.3, 0.4) is 0 Å². The molecule has 1 aromatic carbocycles. The van der Waals surface area contributed by atoms with E-state index in [9.17, 15) is 13.2 Å². The summed E-state index contributed by atoms with van der Waals surface area (Å²) in [7, 11) is -4.05. The molecule has 2 N–H and O–H groups in total. The number of rotatable bonds is 4. The van der Waals surface area contributed by atoms with E-state index in [0.717, 1.165) is 6.07 Å². The smallest absolute Gasteiger partial charge is 0.371 e. The number of benzene rings is 1. The third-order valence-corrected chi connectivity index (χ3v) is 4.14. The largest absolute Gasteiger partial charge is 0.475 e. The molecule has 1 heterocycles. The predicted molar refractivity (Wildman–Crippen MR) is 72.4 cm³/mol. The van der Waals surface area contributed by atoms with Crippen molar-refractivity contribution in [2.75, 3.05) is 4.72 Å². The molecule has 0 aliphatic carbocycles. The van der Waals surface area contributed by atoms with Gasteiger partial charge in [0.1, 0.15) is 16.7 Å². The van der Waals surface area contributed by atoms with Gasteiger partial charge < -0.3 is 9.52 Å². The number of hydrogen-bond donors (Lipinski definition) is 2. The number of nitrogens with zero attached hydrogens (tertiary/aromatic N) is 1. The van der Waals surface area contributed by atoms with Gasteiger partial charge in [-0.1, -0.05) is 12.1 Å². The normalized spacial score (nSPS) is 10.9. The minimum Gasteiger partial charge on any atom is -0.475 e. The van der Waals surface area contributed by atoms with Gasteiger partial charge in [-0.25, -0.2) is 13.2 Å². The second-order valence-electron chi connectivity index (χ2n) is 4.10. The minimum atomic E-state index is -4.05. The van der Waals surface area contributed by atoms with Crippen LogP contribution in [-0.2, 0) is 10.0 Å². The van der Waals surface area contributed by atoms with Crippen molar-refractivity contribution in [2.24, 2.45) is 0 Å². The molecule has 0 saturated carbocycles. The maximum atomic E-state index is 12.3. The lowest BCUT2D eigenvalue weighted by molar-refractivity contribution is 0.0661. The molecule has 0 unspecified atom stereocenters. The Morgan fingerprint density at radius 3 is 2.62 bits per heavy atom. The summed E-state index contributed by atoms with van der Waals surface area (Å²) in [5.41, 5.74) is 0.262. The van der Waals surface area contributed by atoms with Gasteiger partial charge in [-0.2, -0.15) is 5.26 Å². The van der Waals surface area contributed by atoms with Gasteiger partial charge in [-0.3, -0.25) is 4.72 Å². The summed E-state index contributed by atoms with van der Waals surface area (Å²) in [6.07, 6.45) is 0. The number of carbonyl (C=O) groups is 1. The number of anilines is 1. The van der Waals surface area contributed by atoms with Crippen LogP contribution in [0.15, 0.2) is 39.6 Å². The van der Waals surface area contributed by atoms with E-state index in [4.69, 9.17) is 14.8 Å². The lowest BCUT2D eigenvalue weighted by Gasteiger charge is -2.08. The van der Waals surface area contributed by atoms with Crippen LogP contribution in [0.4, 0.5) is 5.69 Å². The molecular weight excluding hydrogens is 296 g/mol. The number of nitrogens with one attached hydrogen (secondary N) is 1. The molecule has 2 rings (SSSR count). The Morgan fingerprint density at radius 2 is 2.05 bits per heavy atom. The Hall–Kier alpha value is -2.79. The van der Waals surface area contributed by atoms with Gasteiger partial charge in [-0.05, 0) is 19.1 Å². The van der Waals surface area contributed by atoms with Crippen molar-refractivity contribution in [3.05, 3.63) is 47.4 Å². The Kier molecular flexibility index (Phi) is 3.69. The topological polar surface area (TPSA) is 120 Å². The number of hydrogen-bond acceptors (Lipinski definition) is 5. The Labute approximate surface area is 120 Å². The number of nitriles is 1. The van der Waals surface area contributed by atoms with Gasteiger partial charge in [0.2, 0.25) is 5.76 Å². The van der Waals surface area contributed by atoms with E-state index in [1.165, 1.54) is 19.1 Å². The molecule has 2 aromatic rings. The van der Waals surface area contributed by atoms with Gasteiger partial charge in [0.05, 0.1) is 11.3 Å². The van der Waals surface area contributed by atoms with Crippen LogP contribution in [0.1, 0.15) is 21.9 Å². The van der Waals surface area contributed by atoms with E-state index < -0.39 is 21.8 Å². The van der Waals surface area contributed by atoms with Crippen molar-refractivity contribution >= 4 is 21.7 Å². The van der Waals surface area contributed by atoms with E-state index in [0.29, 0.717) is 0 Å². The third-order valence-electron chi connectivity index (χ3n) is 2.66. The van der Waals surface area contributed by atoms with Gasteiger partial charge in [-0.15, -0.1) is 0 Å². The summed E-state index contributed by atoms with van der Waals surface area (Å²) in [4.78, 5) is 10.5. The van der Waals surface area contributed by atoms with Crippen LogP contribution in [0.5, 0.6) is 0 Å². The zero-order valence-electron chi connectivity index (χ0n) is 10.8. The van der Waals surface area contributed by atoms with Gasteiger partial charge >= 0.3 is 5.97 Å². The maximum Gasteiger partial charge on any atom is 0.371 e. The fourth-order valence-corrected chi connectivity index (χ4v) is 2.97. The molecule has 0 fully saturated rings. The van der Waals surface area contributed by atoms with Crippen LogP contribution in [0, 0.1) is 18.3 Å². The van der Waals surface area contributed by atoms with Crippen molar-refractivity contribution in [1.82, 2.24) is 0 Å². The Bertz CT molecular complexity index is 846. The first-order valence-electron chi connectivity index (χ1n) is 5.71. The van der Waals surface area contributed by atoms with Crippen LogP contribution in [-0.4, -0.2) is 19.5 Å². The molecule has 0 aliphatic heterocycles. The maximum absolute atomic E-state index is 12.3. The van der Waals surface area contributed by atoms with E-state index >= 15 is 0 Å². The lowest BCUT2D eigenvalue weighted by atomic mass is 10.2. The van der Waals surface area contributed by atoms with Gasteiger partial charge in [0.15, 0.2) is 0 Å². The number of furan rings is 1. The van der Waals surface area contributed by atoms with E-state index in [1.807, 2.05) is 6.07 Å². The molecule has 0 saturated heterocycles. The molecule has 0 spiro atoms. The van der Waals surface area contributed by atoms with Crippen molar-refractivity contribution in [3.8, 4) is 6.07 Å². The highest BCUT2D eigenvalue weighted by Gasteiger charge is 2.24. The van der Waals surface area contributed by atoms with E-state index in [2.05, 4.69) is 4.72 Å². The molecule has 0 amide bonds. The van der Waals surface area contributed by atoms with Crippen molar-refractivity contribution in [1.29, 1.82) is 5.26 Å². The van der Waals surface area contributed by atoms with Crippen LogP contribution in [0.2, 0.25) is 0 Å². The predicted octanol–water partition coefficient (Wildman–Crippen LogP) is 1.96. The molecule has 1 aromatic heterocycles. The summed E-state index contributed by atoms with van der Waals surface area (Å²) >= 11 is 0. The number of aromatic carboxylic acids is 1. The third kappa shape index (κ3) is 2.88. The second kappa shape index (κ2) is 5.30. The molecule has 0 aliphatic rings. The molecule has 0 radical (unpaired) electrons. The van der Waals surface area contributed by atoms with Crippen LogP contribution >= 0.6 is 0 Å². The number of para-hydroxylation sites is 1. The summed E-state index contributed by atoms with van der Waals surface area (Å²) in [6.45, 7) is 1.34. The highest BCUT2D eigenvalue weighted by atomic mass is 32.2. The second-order valence-corrected chi connectivity index (χ2v) is 5.75. The zero-order chi connectivity index (χ0) is 15.6. The number of sulfonamides is 1. The van der Waals surface area contributed by atoms with Crippen molar-refractivity contribution in [3.63, 3.8) is 0 Å². The molecule has 8 heteroatoms. The first-order chi connectivity index (χ1) is 9.85. The first kappa shape index (κ1) is 14.6. The summed E-state index contributed by atoms with van der Waals surface area (Å²) in [5, 5.41) is 17.7. The summed E-state index contributed by atoms with van der Waals surface area (Å²) in [6, 6.07) is 8.86. The van der Waals surface area contributed by atoms with Gasteiger partial charge in [0, 0.05) is 6.07 Å². The van der Waals surface area contributed by atoms with Gasteiger partial charge in [0.25, 0.3) is 10.0 Å². The highest BCUT2D eigenvalue weighted by Crippen LogP contribution is 2.24. The highest BCUT2D eigenvalue weighted by molar-refractivity contribution is 7.92. The van der Waals surface area contributed by atoms with Crippen molar-refractivity contribution < 1.29 is 22.7 Å². The molecule has 21 heavy (non-hydrogen) atoms. The summed E-state index contributed by atoms with van der Waals surface area (Å²) < 4.78 is 31.6. The van der Waals surface area contributed by atoms with Crippen LogP contribution < -0.4 is 4.72 Å². The van der Waals surface area contributed by atoms with E-state index in [-0.39, 0.29) is 21.9 Å².